The van der Waals surface area contributed by atoms with Gasteiger partial charge >= 0.3 is 0 Å². The van der Waals surface area contributed by atoms with Gasteiger partial charge in [0.05, 0.1) is 16.6 Å². The van der Waals surface area contributed by atoms with E-state index in [1.54, 1.807) is 4.68 Å². The van der Waals surface area contributed by atoms with E-state index in [4.69, 9.17) is 4.98 Å². The summed E-state index contributed by atoms with van der Waals surface area (Å²) in [7, 11) is 1.90. The smallest absolute Gasteiger partial charge is 0.252 e. The van der Waals surface area contributed by atoms with Crippen LogP contribution in [0.3, 0.4) is 0 Å². The van der Waals surface area contributed by atoms with Gasteiger partial charge < -0.3 is 10.2 Å². The van der Waals surface area contributed by atoms with Gasteiger partial charge in [0.25, 0.3) is 5.91 Å². The minimum atomic E-state index is 0.00657. The lowest BCUT2D eigenvalue weighted by Crippen LogP contribution is -2.39. The molecule has 1 aliphatic carbocycles. The van der Waals surface area contributed by atoms with Crippen molar-refractivity contribution in [1.82, 2.24) is 25.0 Å². The van der Waals surface area contributed by atoms with Gasteiger partial charge in [-0.15, -0.1) is 0 Å². The van der Waals surface area contributed by atoms with E-state index in [9.17, 15) is 4.79 Å². The molecule has 6 heteroatoms. The van der Waals surface area contributed by atoms with Gasteiger partial charge in [-0.1, -0.05) is 6.42 Å². The minimum Gasteiger partial charge on any atom is -0.352 e. The van der Waals surface area contributed by atoms with E-state index >= 15 is 0 Å². The number of carbonyl (C=O) groups is 1. The Morgan fingerprint density at radius 2 is 2.11 bits per heavy atom. The number of piperidine rings is 1. The predicted octanol–water partition coefficient (Wildman–Crippen LogP) is 3.15. The molecule has 1 amide bonds. The number of hydrogen-bond acceptors (Lipinski definition) is 4. The van der Waals surface area contributed by atoms with Crippen LogP contribution in [0.4, 0.5) is 0 Å². The van der Waals surface area contributed by atoms with Gasteiger partial charge in [0, 0.05) is 37.8 Å². The standard InChI is InChI=1S/C21H31N5O/c1-14-7-4-5-11-26(14)12-6-10-22-21(27)17-13-18(16-8-9-16)23-20-19(17)15(2)24-25(20)3/h13-14,16H,4-12H2,1-3H3,(H,22,27)/t14-/m0/s1. The van der Waals surface area contributed by atoms with Crippen molar-refractivity contribution in [2.45, 2.75) is 64.3 Å². The maximum absolute atomic E-state index is 12.9. The average Bonchev–Trinajstić information content (AvgIpc) is 3.46. The van der Waals surface area contributed by atoms with Crippen molar-refractivity contribution in [1.29, 1.82) is 0 Å². The van der Waals surface area contributed by atoms with E-state index in [0.717, 1.165) is 41.0 Å². The molecule has 3 heterocycles. The van der Waals surface area contributed by atoms with Gasteiger partial charge in [-0.2, -0.15) is 5.10 Å². The van der Waals surface area contributed by atoms with Crippen LogP contribution in [0.15, 0.2) is 6.07 Å². The second-order valence-corrected chi connectivity index (χ2v) is 8.27. The summed E-state index contributed by atoms with van der Waals surface area (Å²) in [5, 5.41) is 8.52. The first kappa shape index (κ1) is 18.4. The Balaban J connectivity index is 1.44. The van der Waals surface area contributed by atoms with Gasteiger partial charge in [-0.25, -0.2) is 4.98 Å². The summed E-state index contributed by atoms with van der Waals surface area (Å²) in [4.78, 5) is 20.3. The number of hydrogen-bond donors (Lipinski definition) is 1. The summed E-state index contributed by atoms with van der Waals surface area (Å²) < 4.78 is 1.80. The van der Waals surface area contributed by atoms with E-state index in [1.807, 2.05) is 20.0 Å². The number of nitrogens with one attached hydrogen (secondary N) is 1. The molecule has 1 saturated carbocycles. The van der Waals surface area contributed by atoms with E-state index in [-0.39, 0.29) is 5.91 Å². The number of rotatable bonds is 6. The summed E-state index contributed by atoms with van der Waals surface area (Å²) in [6, 6.07) is 2.67. The summed E-state index contributed by atoms with van der Waals surface area (Å²) in [5.74, 6) is 0.517. The number of pyridine rings is 1. The number of aromatic nitrogens is 3. The molecule has 0 radical (unpaired) electrons. The Labute approximate surface area is 161 Å². The van der Waals surface area contributed by atoms with Crippen molar-refractivity contribution in [3.8, 4) is 0 Å². The fourth-order valence-electron chi connectivity index (χ4n) is 4.30. The SMILES string of the molecule is Cc1nn(C)c2nc(C3CC3)cc(C(=O)NCCCN3CCCC[C@@H]3C)c12. The average molecular weight is 370 g/mol. The van der Waals surface area contributed by atoms with E-state index in [2.05, 4.69) is 22.2 Å². The predicted molar refractivity (Wildman–Crippen MR) is 107 cm³/mol. The fraction of sp³-hybridized carbons (Fsp3) is 0.667. The molecule has 6 nitrogen and oxygen atoms in total. The van der Waals surface area contributed by atoms with Crippen molar-refractivity contribution in [2.24, 2.45) is 7.05 Å². The summed E-state index contributed by atoms with van der Waals surface area (Å²) in [6.07, 6.45) is 7.28. The third-order valence-corrected chi connectivity index (χ3v) is 6.08. The Hall–Kier alpha value is -1.95. The monoisotopic (exact) mass is 369 g/mol. The molecule has 1 N–H and O–H groups in total. The highest BCUT2D eigenvalue weighted by Crippen LogP contribution is 2.40. The molecular weight excluding hydrogens is 338 g/mol. The third-order valence-electron chi connectivity index (χ3n) is 6.08. The molecule has 0 unspecified atom stereocenters. The van der Waals surface area contributed by atoms with Crippen LogP contribution in [0.25, 0.3) is 11.0 Å². The van der Waals surface area contributed by atoms with Crippen molar-refractivity contribution in [2.75, 3.05) is 19.6 Å². The topological polar surface area (TPSA) is 63.1 Å². The van der Waals surface area contributed by atoms with Crippen molar-refractivity contribution >= 4 is 16.9 Å². The van der Waals surface area contributed by atoms with Crippen LogP contribution >= 0.6 is 0 Å². The minimum absolute atomic E-state index is 0.00657. The Kier molecular flexibility index (Phi) is 5.17. The van der Waals surface area contributed by atoms with Crippen LogP contribution in [-0.4, -0.2) is 51.2 Å². The third kappa shape index (κ3) is 3.86. The first-order valence-corrected chi connectivity index (χ1v) is 10.4. The molecule has 1 atom stereocenters. The molecule has 27 heavy (non-hydrogen) atoms. The van der Waals surface area contributed by atoms with E-state index in [0.29, 0.717) is 18.5 Å². The van der Waals surface area contributed by atoms with Crippen LogP contribution in [0, 0.1) is 6.92 Å². The van der Waals surface area contributed by atoms with Crippen LogP contribution in [0.2, 0.25) is 0 Å². The van der Waals surface area contributed by atoms with Gasteiger partial charge in [-0.3, -0.25) is 9.48 Å². The fourth-order valence-corrected chi connectivity index (χ4v) is 4.30. The van der Waals surface area contributed by atoms with Crippen LogP contribution in [0.5, 0.6) is 0 Å². The van der Waals surface area contributed by atoms with Gasteiger partial charge in [-0.05, 0) is 58.6 Å². The first-order valence-electron chi connectivity index (χ1n) is 10.4. The lowest BCUT2D eigenvalue weighted by atomic mass is 10.0. The summed E-state index contributed by atoms with van der Waals surface area (Å²) in [5.41, 5.74) is 3.47. The Morgan fingerprint density at radius 1 is 1.30 bits per heavy atom. The molecule has 0 spiro atoms. The van der Waals surface area contributed by atoms with Gasteiger partial charge in [0.15, 0.2) is 5.65 Å². The van der Waals surface area contributed by atoms with E-state index < -0.39 is 0 Å². The maximum atomic E-state index is 12.9. The van der Waals surface area contributed by atoms with E-state index in [1.165, 1.54) is 38.6 Å². The molecule has 1 saturated heterocycles. The lowest BCUT2D eigenvalue weighted by molar-refractivity contribution is 0.0950. The molecular formula is C21H31N5O. The molecule has 146 valence electrons. The largest absolute Gasteiger partial charge is 0.352 e. The van der Waals surface area contributed by atoms with Crippen LogP contribution in [0.1, 0.15) is 73.1 Å². The highest BCUT2D eigenvalue weighted by atomic mass is 16.1. The van der Waals surface area contributed by atoms with Crippen LogP contribution in [-0.2, 0) is 7.05 Å². The molecule has 2 fully saturated rings. The zero-order valence-corrected chi connectivity index (χ0v) is 16.8. The maximum Gasteiger partial charge on any atom is 0.252 e. The quantitative estimate of drug-likeness (QED) is 0.795. The molecule has 2 aromatic heterocycles. The summed E-state index contributed by atoms with van der Waals surface area (Å²) in [6.45, 7) is 7.24. The second kappa shape index (κ2) is 7.58. The Morgan fingerprint density at radius 3 is 2.85 bits per heavy atom. The van der Waals surface area contributed by atoms with Crippen molar-refractivity contribution < 1.29 is 4.79 Å². The van der Waals surface area contributed by atoms with Crippen molar-refractivity contribution in [3.05, 3.63) is 23.0 Å². The van der Waals surface area contributed by atoms with Gasteiger partial charge in [0.2, 0.25) is 0 Å². The number of nitrogens with zero attached hydrogens (tertiary/aromatic N) is 4. The van der Waals surface area contributed by atoms with Gasteiger partial charge in [0.1, 0.15) is 0 Å². The highest BCUT2D eigenvalue weighted by Gasteiger charge is 2.28. The second-order valence-electron chi connectivity index (χ2n) is 8.27. The Bertz CT molecular complexity index is 839. The first-order chi connectivity index (χ1) is 13.0. The molecule has 0 aromatic carbocycles. The zero-order chi connectivity index (χ0) is 19.0. The molecule has 2 aliphatic rings. The zero-order valence-electron chi connectivity index (χ0n) is 16.8. The summed E-state index contributed by atoms with van der Waals surface area (Å²) >= 11 is 0. The number of likely N-dealkylation sites (tertiary alicyclic amines) is 1. The molecule has 0 bridgehead atoms. The number of amides is 1. The lowest BCUT2D eigenvalue weighted by Gasteiger charge is -2.33. The normalized spacial score (nSPS) is 20.9. The molecule has 2 aromatic rings. The number of aryl methyl sites for hydroxylation is 2. The number of fused-ring (bicyclic) bond motifs is 1. The number of carbonyl (C=O) groups excluding carboxylic acids is 1. The van der Waals surface area contributed by atoms with Crippen LogP contribution < -0.4 is 5.32 Å². The van der Waals surface area contributed by atoms with Crippen molar-refractivity contribution in [3.63, 3.8) is 0 Å². The highest BCUT2D eigenvalue weighted by molar-refractivity contribution is 6.06. The molecule has 1 aliphatic heterocycles. The molecule has 4 rings (SSSR count).